The van der Waals surface area contributed by atoms with Gasteiger partial charge in [0.05, 0.1) is 15.1 Å². The van der Waals surface area contributed by atoms with Crippen LogP contribution in [-0.2, 0) is 10.0 Å². The Labute approximate surface area is 206 Å². The van der Waals surface area contributed by atoms with Crippen LogP contribution in [0.1, 0.15) is 40.7 Å². The van der Waals surface area contributed by atoms with Crippen LogP contribution in [0.2, 0.25) is 0 Å². The molecular formula is C25H32N4O3S2. The molecule has 1 aromatic heterocycles. The van der Waals surface area contributed by atoms with Crippen LogP contribution in [0.25, 0.3) is 10.2 Å². The van der Waals surface area contributed by atoms with Crippen molar-refractivity contribution in [1.29, 1.82) is 0 Å². The summed E-state index contributed by atoms with van der Waals surface area (Å²) in [5.41, 5.74) is 3.71. The van der Waals surface area contributed by atoms with E-state index in [1.807, 2.05) is 14.1 Å². The van der Waals surface area contributed by atoms with Crippen molar-refractivity contribution in [3.05, 3.63) is 53.1 Å². The Morgan fingerprint density at radius 1 is 1.03 bits per heavy atom. The number of nitrogens with zero attached hydrogens (tertiary/aromatic N) is 4. The minimum absolute atomic E-state index is 0.170. The number of fused-ring (bicyclic) bond motifs is 1. The molecule has 0 aliphatic carbocycles. The number of aromatic nitrogens is 1. The van der Waals surface area contributed by atoms with Crippen molar-refractivity contribution in [3.63, 3.8) is 0 Å². The third-order valence-electron chi connectivity index (χ3n) is 6.26. The van der Waals surface area contributed by atoms with E-state index in [-0.39, 0.29) is 10.8 Å². The molecule has 0 bridgehead atoms. The molecule has 0 spiro atoms. The molecule has 182 valence electrons. The molecule has 0 atom stereocenters. The van der Waals surface area contributed by atoms with Gasteiger partial charge in [-0.1, -0.05) is 11.3 Å². The van der Waals surface area contributed by atoms with Crippen molar-refractivity contribution in [1.82, 2.24) is 14.2 Å². The summed E-state index contributed by atoms with van der Waals surface area (Å²) in [6.07, 6.45) is 2.58. The zero-order chi connectivity index (χ0) is 24.5. The van der Waals surface area contributed by atoms with Crippen molar-refractivity contribution in [2.75, 3.05) is 45.2 Å². The van der Waals surface area contributed by atoms with Gasteiger partial charge >= 0.3 is 0 Å². The van der Waals surface area contributed by atoms with Crippen molar-refractivity contribution >= 4 is 42.6 Å². The summed E-state index contributed by atoms with van der Waals surface area (Å²) < 4.78 is 28.3. The summed E-state index contributed by atoms with van der Waals surface area (Å²) in [5, 5.41) is 0.664. The molecule has 1 fully saturated rings. The van der Waals surface area contributed by atoms with Crippen LogP contribution >= 0.6 is 11.3 Å². The summed E-state index contributed by atoms with van der Waals surface area (Å²) in [6.45, 7) is 6.62. The number of benzene rings is 2. The minimum atomic E-state index is -3.51. The molecule has 1 amide bonds. The van der Waals surface area contributed by atoms with E-state index in [0.29, 0.717) is 30.3 Å². The minimum Gasteiger partial charge on any atom is -0.309 e. The SMILES string of the molecule is Cc1cc2nc(N(CCCN(C)C)C(=O)c3ccc(S(=O)(=O)N4CCCC4)cc3)sc2cc1C. The number of carbonyl (C=O) groups is 1. The van der Waals surface area contributed by atoms with Crippen LogP contribution in [0.4, 0.5) is 5.13 Å². The van der Waals surface area contributed by atoms with Crippen molar-refractivity contribution in [2.45, 2.75) is 38.0 Å². The molecule has 3 aromatic rings. The molecule has 2 heterocycles. The Hall–Kier alpha value is -2.33. The number of thiazole rings is 1. The van der Waals surface area contributed by atoms with E-state index in [1.165, 1.54) is 26.8 Å². The molecule has 9 heteroatoms. The zero-order valence-electron chi connectivity index (χ0n) is 20.2. The molecule has 0 unspecified atom stereocenters. The van der Waals surface area contributed by atoms with Crippen molar-refractivity contribution < 1.29 is 13.2 Å². The predicted molar refractivity (Wildman–Crippen MR) is 138 cm³/mol. The first-order valence-corrected chi connectivity index (χ1v) is 13.9. The summed E-state index contributed by atoms with van der Waals surface area (Å²) in [4.78, 5) is 22.4. The number of hydrogen-bond acceptors (Lipinski definition) is 6. The van der Waals surface area contributed by atoms with E-state index in [1.54, 1.807) is 29.2 Å². The highest BCUT2D eigenvalue weighted by Crippen LogP contribution is 2.32. The Morgan fingerprint density at radius 3 is 2.32 bits per heavy atom. The molecule has 1 aliphatic heterocycles. The van der Waals surface area contributed by atoms with E-state index >= 15 is 0 Å². The number of aryl methyl sites for hydroxylation is 2. The molecule has 2 aromatic carbocycles. The summed E-state index contributed by atoms with van der Waals surface area (Å²) in [7, 11) is 0.508. The van der Waals surface area contributed by atoms with Gasteiger partial charge in [-0.05, 0) is 101 Å². The van der Waals surface area contributed by atoms with Gasteiger partial charge in [-0.3, -0.25) is 9.69 Å². The maximum absolute atomic E-state index is 13.6. The van der Waals surface area contributed by atoms with E-state index in [4.69, 9.17) is 4.98 Å². The number of sulfonamides is 1. The van der Waals surface area contributed by atoms with Crippen LogP contribution in [0.3, 0.4) is 0 Å². The summed E-state index contributed by atoms with van der Waals surface area (Å²) in [5.74, 6) is -0.170. The van der Waals surface area contributed by atoms with Gasteiger partial charge in [0.15, 0.2) is 5.13 Å². The smallest absolute Gasteiger partial charge is 0.260 e. The van der Waals surface area contributed by atoms with E-state index in [0.717, 1.165) is 36.0 Å². The first kappa shape index (κ1) is 24.8. The first-order chi connectivity index (χ1) is 16.2. The molecule has 0 N–H and O–H groups in total. The molecule has 34 heavy (non-hydrogen) atoms. The summed E-state index contributed by atoms with van der Waals surface area (Å²) in [6, 6.07) is 10.5. The second kappa shape index (κ2) is 10.1. The van der Waals surface area contributed by atoms with E-state index < -0.39 is 10.0 Å². The Bertz CT molecular complexity index is 1240. The van der Waals surface area contributed by atoms with Crippen molar-refractivity contribution in [3.8, 4) is 0 Å². The molecular weight excluding hydrogens is 468 g/mol. The predicted octanol–water partition coefficient (Wildman–Crippen LogP) is 4.30. The lowest BCUT2D eigenvalue weighted by molar-refractivity contribution is 0.0986. The zero-order valence-corrected chi connectivity index (χ0v) is 21.9. The number of anilines is 1. The Balaban J connectivity index is 1.63. The fraction of sp³-hybridized carbons (Fsp3) is 0.440. The van der Waals surface area contributed by atoms with Gasteiger partial charge in [0.1, 0.15) is 0 Å². The van der Waals surface area contributed by atoms with Gasteiger partial charge < -0.3 is 4.90 Å². The summed E-state index contributed by atoms with van der Waals surface area (Å²) >= 11 is 1.51. The quantitative estimate of drug-likeness (QED) is 0.461. The number of carbonyl (C=O) groups excluding carboxylic acids is 1. The van der Waals surface area contributed by atoms with Gasteiger partial charge in [-0.25, -0.2) is 13.4 Å². The monoisotopic (exact) mass is 500 g/mol. The lowest BCUT2D eigenvalue weighted by Crippen LogP contribution is -2.33. The standard InChI is InChI=1S/C25H32N4O3S2/c1-18-16-22-23(17-19(18)2)33-25(26-22)29(15-7-12-27(3)4)24(30)20-8-10-21(11-9-20)34(31,32)28-13-5-6-14-28/h8-11,16-17H,5-7,12-15H2,1-4H3. The van der Waals surface area contributed by atoms with Crippen LogP contribution in [0.15, 0.2) is 41.3 Å². The highest BCUT2D eigenvalue weighted by molar-refractivity contribution is 7.89. The molecule has 1 aliphatic rings. The fourth-order valence-electron chi connectivity index (χ4n) is 4.12. The van der Waals surface area contributed by atoms with Gasteiger partial charge in [-0.2, -0.15) is 4.31 Å². The van der Waals surface area contributed by atoms with Crippen LogP contribution < -0.4 is 4.90 Å². The first-order valence-electron chi connectivity index (χ1n) is 11.6. The van der Waals surface area contributed by atoms with Gasteiger partial charge in [0, 0.05) is 25.2 Å². The highest BCUT2D eigenvalue weighted by Gasteiger charge is 2.28. The van der Waals surface area contributed by atoms with E-state index in [9.17, 15) is 13.2 Å². The van der Waals surface area contributed by atoms with E-state index in [2.05, 4.69) is 30.9 Å². The normalized spacial score (nSPS) is 14.9. The highest BCUT2D eigenvalue weighted by atomic mass is 32.2. The number of amides is 1. The number of rotatable bonds is 8. The molecule has 0 saturated carbocycles. The van der Waals surface area contributed by atoms with Crippen LogP contribution in [0.5, 0.6) is 0 Å². The molecule has 7 nitrogen and oxygen atoms in total. The lowest BCUT2D eigenvalue weighted by Gasteiger charge is -2.21. The maximum atomic E-state index is 13.6. The van der Waals surface area contributed by atoms with Crippen molar-refractivity contribution in [2.24, 2.45) is 0 Å². The van der Waals surface area contributed by atoms with Gasteiger partial charge in [0.2, 0.25) is 10.0 Å². The molecule has 4 rings (SSSR count). The molecule has 0 radical (unpaired) electrons. The fourth-order valence-corrected chi connectivity index (χ4v) is 6.70. The van der Waals surface area contributed by atoms with Gasteiger partial charge in [0.25, 0.3) is 5.91 Å². The topological polar surface area (TPSA) is 73.8 Å². The number of hydrogen-bond donors (Lipinski definition) is 0. The third kappa shape index (κ3) is 5.17. The third-order valence-corrected chi connectivity index (χ3v) is 9.21. The lowest BCUT2D eigenvalue weighted by atomic mass is 10.1. The van der Waals surface area contributed by atoms with Crippen LogP contribution in [0, 0.1) is 13.8 Å². The Morgan fingerprint density at radius 2 is 1.68 bits per heavy atom. The Kier molecular flexibility index (Phi) is 7.37. The average Bonchev–Trinajstić information content (AvgIpc) is 3.47. The average molecular weight is 501 g/mol. The second-order valence-electron chi connectivity index (χ2n) is 9.15. The second-order valence-corrected chi connectivity index (χ2v) is 12.1. The molecule has 1 saturated heterocycles. The maximum Gasteiger partial charge on any atom is 0.260 e. The van der Waals surface area contributed by atoms with Crippen LogP contribution in [-0.4, -0.2) is 68.8 Å². The largest absolute Gasteiger partial charge is 0.309 e. The van der Waals surface area contributed by atoms with Gasteiger partial charge in [-0.15, -0.1) is 0 Å².